The number of urea groups is 1. The second kappa shape index (κ2) is 9.21. The second-order valence-corrected chi connectivity index (χ2v) is 6.52. The summed E-state index contributed by atoms with van der Waals surface area (Å²) in [5.74, 6) is -0.272. The van der Waals surface area contributed by atoms with Crippen LogP contribution in [-0.2, 0) is 9.53 Å². The van der Waals surface area contributed by atoms with Gasteiger partial charge in [0.25, 0.3) is 0 Å². The fourth-order valence-corrected chi connectivity index (χ4v) is 2.90. The van der Waals surface area contributed by atoms with E-state index in [1.807, 2.05) is 0 Å². The molecule has 0 aliphatic rings. The van der Waals surface area contributed by atoms with Crippen molar-refractivity contribution >= 4 is 28.6 Å². The highest BCUT2D eigenvalue weighted by Gasteiger charge is 2.17. The van der Waals surface area contributed by atoms with E-state index in [-0.39, 0.29) is 12.4 Å². The number of hydrogen-bond acceptors (Lipinski definition) is 5. The molecular weight excluding hydrogens is 389 g/mol. The van der Waals surface area contributed by atoms with Crippen LogP contribution in [-0.4, -0.2) is 36.7 Å². The van der Waals surface area contributed by atoms with E-state index >= 15 is 0 Å². The van der Waals surface area contributed by atoms with Crippen LogP contribution in [0.2, 0.25) is 0 Å². The lowest BCUT2D eigenvalue weighted by atomic mass is 10.1. The maximum Gasteiger partial charge on any atom is 0.328 e. The zero-order valence-electron chi connectivity index (χ0n) is 16.9. The van der Waals surface area contributed by atoms with E-state index in [4.69, 9.17) is 9.47 Å². The number of esters is 1. The van der Waals surface area contributed by atoms with E-state index in [9.17, 15) is 14.0 Å². The number of anilines is 1. The molecule has 156 valence electrons. The van der Waals surface area contributed by atoms with Crippen LogP contribution in [0.25, 0.3) is 22.2 Å². The number of nitrogens with one attached hydrogen (secondary N) is 2. The predicted molar refractivity (Wildman–Crippen MR) is 112 cm³/mol. The predicted octanol–water partition coefficient (Wildman–Crippen LogP) is 4.12. The smallest absolute Gasteiger partial charge is 0.328 e. The van der Waals surface area contributed by atoms with Crippen LogP contribution in [0.3, 0.4) is 0 Å². The Balaban J connectivity index is 1.83. The van der Waals surface area contributed by atoms with Gasteiger partial charge >= 0.3 is 12.0 Å². The maximum absolute atomic E-state index is 13.2. The zero-order chi connectivity index (χ0) is 21.7. The number of carbonyl (C=O) groups excluding carboxylic acids is 2. The Labute approximate surface area is 173 Å². The van der Waals surface area contributed by atoms with E-state index in [1.54, 1.807) is 50.2 Å². The summed E-state index contributed by atoms with van der Waals surface area (Å²) in [7, 11) is 1.54. The summed E-state index contributed by atoms with van der Waals surface area (Å²) >= 11 is 0. The Morgan fingerprint density at radius 3 is 2.53 bits per heavy atom. The monoisotopic (exact) mass is 411 g/mol. The topological polar surface area (TPSA) is 89.5 Å². The largest absolute Gasteiger partial charge is 0.496 e. The van der Waals surface area contributed by atoms with E-state index < -0.39 is 18.0 Å². The van der Waals surface area contributed by atoms with Crippen LogP contribution in [0.5, 0.6) is 5.75 Å². The lowest BCUT2D eigenvalue weighted by molar-refractivity contribution is -0.144. The molecule has 1 heterocycles. The third-order valence-corrected chi connectivity index (χ3v) is 4.38. The molecule has 0 unspecified atom stereocenters. The summed E-state index contributed by atoms with van der Waals surface area (Å²) in [6.07, 6.45) is 0. The van der Waals surface area contributed by atoms with Crippen molar-refractivity contribution in [2.75, 3.05) is 19.0 Å². The summed E-state index contributed by atoms with van der Waals surface area (Å²) in [4.78, 5) is 28.4. The van der Waals surface area contributed by atoms with Gasteiger partial charge in [0.05, 0.1) is 24.9 Å². The highest BCUT2D eigenvalue weighted by Crippen LogP contribution is 2.31. The van der Waals surface area contributed by atoms with Gasteiger partial charge in [-0.2, -0.15) is 0 Å². The molecule has 1 atom stereocenters. The van der Waals surface area contributed by atoms with Crippen LogP contribution in [0.4, 0.5) is 14.9 Å². The molecule has 0 bridgehead atoms. The van der Waals surface area contributed by atoms with Crippen molar-refractivity contribution in [2.45, 2.75) is 19.9 Å². The first-order valence-electron chi connectivity index (χ1n) is 9.40. The van der Waals surface area contributed by atoms with Crippen molar-refractivity contribution in [3.63, 3.8) is 0 Å². The lowest BCUT2D eigenvalue weighted by Gasteiger charge is -2.14. The van der Waals surface area contributed by atoms with Crippen molar-refractivity contribution in [1.29, 1.82) is 0 Å². The number of amides is 2. The number of benzene rings is 2. The van der Waals surface area contributed by atoms with Gasteiger partial charge in [0.15, 0.2) is 0 Å². The number of halogens is 1. The third kappa shape index (κ3) is 4.83. The van der Waals surface area contributed by atoms with Crippen LogP contribution in [0, 0.1) is 5.82 Å². The molecule has 7 nitrogen and oxygen atoms in total. The molecule has 3 aromatic rings. The van der Waals surface area contributed by atoms with Gasteiger partial charge in [-0.25, -0.2) is 19.0 Å². The molecule has 0 fully saturated rings. The maximum atomic E-state index is 13.2. The molecule has 0 aliphatic heterocycles. The van der Waals surface area contributed by atoms with Crippen molar-refractivity contribution in [3.8, 4) is 17.0 Å². The molecular formula is C22H22FN3O4. The van der Waals surface area contributed by atoms with Crippen molar-refractivity contribution in [2.24, 2.45) is 0 Å². The number of nitrogens with zero attached hydrogens (tertiary/aromatic N) is 1. The Morgan fingerprint density at radius 2 is 1.87 bits per heavy atom. The minimum absolute atomic E-state index is 0.240. The highest BCUT2D eigenvalue weighted by atomic mass is 19.1. The number of carbonyl (C=O) groups is 2. The summed E-state index contributed by atoms with van der Waals surface area (Å²) in [5.41, 5.74) is 2.55. The molecule has 1 aromatic heterocycles. The fraction of sp³-hybridized carbons (Fsp3) is 0.227. The van der Waals surface area contributed by atoms with Gasteiger partial charge in [0.1, 0.15) is 17.6 Å². The molecule has 0 aliphatic carbocycles. The van der Waals surface area contributed by atoms with Gasteiger partial charge < -0.3 is 20.1 Å². The number of rotatable bonds is 6. The minimum atomic E-state index is -0.778. The van der Waals surface area contributed by atoms with Crippen LogP contribution >= 0.6 is 0 Å². The molecule has 8 heteroatoms. The van der Waals surface area contributed by atoms with Crippen LogP contribution in [0.1, 0.15) is 13.8 Å². The first kappa shape index (κ1) is 21.0. The summed E-state index contributed by atoms with van der Waals surface area (Å²) in [6.45, 7) is 3.48. The van der Waals surface area contributed by atoms with Gasteiger partial charge in [-0.3, -0.25) is 0 Å². The standard InChI is InChI=1S/C22H22FN3O4/c1-4-30-21(27)13(2)24-22(28)25-16-9-10-18-17(11-16)20(29-3)12-19(26-18)14-5-7-15(23)8-6-14/h5-13H,4H2,1-3H3,(H2,24,25,28)/t13-/m1/s1. The molecule has 3 rings (SSSR count). The normalized spacial score (nSPS) is 11.6. The first-order chi connectivity index (χ1) is 14.4. The van der Waals surface area contributed by atoms with Gasteiger partial charge in [-0.15, -0.1) is 0 Å². The average molecular weight is 411 g/mol. The van der Waals surface area contributed by atoms with Crippen LogP contribution in [0.15, 0.2) is 48.5 Å². The third-order valence-electron chi connectivity index (χ3n) is 4.38. The highest BCUT2D eigenvalue weighted by molar-refractivity contribution is 5.96. The molecule has 30 heavy (non-hydrogen) atoms. The summed E-state index contributed by atoms with van der Waals surface area (Å²) in [5, 5.41) is 5.90. The first-order valence-corrected chi connectivity index (χ1v) is 9.40. The number of fused-ring (bicyclic) bond motifs is 1. The van der Waals surface area contributed by atoms with Crippen molar-refractivity contribution in [3.05, 3.63) is 54.3 Å². The summed E-state index contributed by atoms with van der Waals surface area (Å²) < 4.78 is 23.6. The van der Waals surface area contributed by atoms with Gasteiger partial charge in [0, 0.05) is 22.7 Å². The molecule has 2 aromatic carbocycles. The van der Waals surface area contributed by atoms with Crippen molar-refractivity contribution < 1.29 is 23.5 Å². The molecule has 2 N–H and O–H groups in total. The van der Waals surface area contributed by atoms with Gasteiger partial charge in [0.2, 0.25) is 0 Å². The number of methoxy groups -OCH3 is 1. The quantitative estimate of drug-likeness (QED) is 0.596. The van der Waals surface area contributed by atoms with E-state index in [1.165, 1.54) is 19.2 Å². The Kier molecular flexibility index (Phi) is 6.46. The van der Waals surface area contributed by atoms with E-state index in [0.717, 1.165) is 5.56 Å². The number of aromatic nitrogens is 1. The molecule has 0 radical (unpaired) electrons. The summed E-state index contributed by atoms with van der Waals surface area (Å²) in [6, 6.07) is 11.6. The minimum Gasteiger partial charge on any atom is -0.496 e. The Morgan fingerprint density at radius 1 is 1.13 bits per heavy atom. The molecule has 0 saturated heterocycles. The molecule has 0 spiro atoms. The Bertz CT molecular complexity index is 1070. The van der Waals surface area contributed by atoms with Crippen molar-refractivity contribution in [1.82, 2.24) is 10.3 Å². The fourth-order valence-electron chi connectivity index (χ4n) is 2.90. The van der Waals surface area contributed by atoms with E-state index in [2.05, 4.69) is 15.6 Å². The molecule has 2 amide bonds. The zero-order valence-corrected chi connectivity index (χ0v) is 16.9. The lowest BCUT2D eigenvalue weighted by Crippen LogP contribution is -2.41. The van der Waals surface area contributed by atoms with E-state index in [0.29, 0.717) is 28.0 Å². The number of hydrogen-bond donors (Lipinski definition) is 2. The second-order valence-electron chi connectivity index (χ2n) is 6.52. The Hall–Kier alpha value is -3.68. The number of pyridine rings is 1. The number of ether oxygens (including phenoxy) is 2. The van der Waals surface area contributed by atoms with Gasteiger partial charge in [-0.1, -0.05) is 0 Å². The van der Waals surface area contributed by atoms with Crippen LogP contribution < -0.4 is 15.4 Å². The average Bonchev–Trinajstić information content (AvgIpc) is 2.73. The SMILES string of the molecule is CCOC(=O)[C@@H](C)NC(=O)Nc1ccc2nc(-c3ccc(F)cc3)cc(OC)c2c1. The molecule has 0 saturated carbocycles. The van der Waals surface area contributed by atoms with Gasteiger partial charge in [-0.05, 0) is 56.3 Å².